The average Bonchev–Trinajstić information content (AvgIpc) is 3.02. The van der Waals surface area contributed by atoms with Crippen LogP contribution in [0.25, 0.3) is 0 Å². The van der Waals surface area contributed by atoms with Crippen LogP contribution in [-0.4, -0.2) is 51.2 Å². The molecule has 2 aromatic rings. The molecule has 1 aliphatic rings. The molecule has 3 heterocycles. The van der Waals surface area contributed by atoms with Crippen molar-refractivity contribution in [3.05, 3.63) is 29.4 Å². The predicted octanol–water partition coefficient (Wildman–Crippen LogP) is 2.18. The number of hydrogen-bond acceptors (Lipinski definition) is 7. The summed E-state index contributed by atoms with van der Waals surface area (Å²) in [5.41, 5.74) is 1.03. The molecule has 0 spiro atoms. The van der Waals surface area contributed by atoms with Crippen molar-refractivity contribution in [2.75, 3.05) is 31.1 Å². The monoisotopic (exact) mass is 330 g/mol. The molecule has 0 saturated carbocycles. The Labute approximate surface area is 143 Å². The smallest absolute Gasteiger partial charge is 0.230 e. The molecule has 7 nitrogen and oxygen atoms in total. The van der Waals surface area contributed by atoms with E-state index in [0.29, 0.717) is 17.7 Å². The van der Waals surface area contributed by atoms with Crippen LogP contribution in [0, 0.1) is 6.92 Å². The van der Waals surface area contributed by atoms with Crippen molar-refractivity contribution in [1.29, 1.82) is 0 Å². The van der Waals surface area contributed by atoms with Gasteiger partial charge in [0.2, 0.25) is 11.8 Å². The maximum atomic E-state index is 5.61. The van der Waals surface area contributed by atoms with Crippen LogP contribution in [0.5, 0.6) is 0 Å². The summed E-state index contributed by atoms with van der Waals surface area (Å²) in [7, 11) is 0. The van der Waals surface area contributed by atoms with Crippen molar-refractivity contribution in [3.8, 4) is 0 Å². The zero-order valence-corrected chi connectivity index (χ0v) is 15.0. The van der Waals surface area contributed by atoms with Crippen LogP contribution in [0.3, 0.4) is 0 Å². The van der Waals surface area contributed by atoms with Crippen molar-refractivity contribution >= 4 is 5.82 Å². The fourth-order valence-electron chi connectivity index (χ4n) is 2.82. The minimum absolute atomic E-state index is 0.343. The Morgan fingerprint density at radius 3 is 2.42 bits per heavy atom. The van der Waals surface area contributed by atoms with Gasteiger partial charge in [-0.05, 0) is 6.92 Å². The third-order valence-electron chi connectivity index (χ3n) is 4.24. The number of nitrogens with zero attached hydrogens (tertiary/aromatic N) is 6. The van der Waals surface area contributed by atoms with Crippen molar-refractivity contribution in [2.45, 2.75) is 46.6 Å². The molecule has 1 fully saturated rings. The van der Waals surface area contributed by atoms with Gasteiger partial charge in [-0.1, -0.05) is 20.8 Å². The highest BCUT2D eigenvalue weighted by Gasteiger charge is 2.21. The maximum absolute atomic E-state index is 5.61. The lowest BCUT2D eigenvalue weighted by molar-refractivity contribution is 0.224. The van der Waals surface area contributed by atoms with E-state index < -0.39 is 0 Å². The summed E-state index contributed by atoms with van der Waals surface area (Å²) in [6.45, 7) is 12.9. The van der Waals surface area contributed by atoms with E-state index in [1.807, 2.05) is 13.8 Å². The molecule has 0 bridgehead atoms. The first-order valence-corrected chi connectivity index (χ1v) is 8.69. The zero-order valence-electron chi connectivity index (χ0n) is 15.0. The van der Waals surface area contributed by atoms with Gasteiger partial charge >= 0.3 is 0 Å². The van der Waals surface area contributed by atoms with Crippen LogP contribution >= 0.6 is 0 Å². The normalized spacial score (nSPS) is 16.1. The fourth-order valence-corrected chi connectivity index (χ4v) is 2.82. The van der Waals surface area contributed by atoms with Crippen molar-refractivity contribution < 1.29 is 4.42 Å². The Hall–Kier alpha value is -2.02. The van der Waals surface area contributed by atoms with Gasteiger partial charge in [0.05, 0.1) is 6.54 Å². The first-order valence-electron chi connectivity index (χ1n) is 8.69. The van der Waals surface area contributed by atoms with Crippen molar-refractivity contribution in [1.82, 2.24) is 25.1 Å². The van der Waals surface area contributed by atoms with Crippen molar-refractivity contribution in [2.24, 2.45) is 0 Å². The zero-order chi connectivity index (χ0) is 17.1. The lowest BCUT2D eigenvalue weighted by Gasteiger charge is -2.35. The third-order valence-corrected chi connectivity index (χ3v) is 4.24. The minimum atomic E-state index is 0.343. The first-order chi connectivity index (χ1) is 11.5. The lowest BCUT2D eigenvalue weighted by Crippen LogP contribution is -2.46. The molecule has 2 aromatic heterocycles. The largest absolute Gasteiger partial charge is 0.424 e. The highest BCUT2D eigenvalue weighted by atomic mass is 16.4. The van der Waals surface area contributed by atoms with Crippen molar-refractivity contribution in [3.63, 3.8) is 0 Å². The number of hydrogen-bond donors (Lipinski definition) is 0. The second-order valence-corrected chi connectivity index (χ2v) is 6.59. The van der Waals surface area contributed by atoms with Crippen LogP contribution < -0.4 is 4.90 Å². The van der Waals surface area contributed by atoms with E-state index in [1.54, 1.807) is 0 Å². The van der Waals surface area contributed by atoms with Crippen LogP contribution in [0.15, 0.2) is 10.5 Å². The van der Waals surface area contributed by atoms with Gasteiger partial charge in [0.15, 0.2) is 0 Å². The third kappa shape index (κ3) is 3.90. The molecule has 0 radical (unpaired) electrons. The van der Waals surface area contributed by atoms with E-state index in [0.717, 1.165) is 56.5 Å². The summed E-state index contributed by atoms with van der Waals surface area (Å²) in [6, 6.07) is 2.08. The fraction of sp³-hybridized carbons (Fsp3) is 0.647. The summed E-state index contributed by atoms with van der Waals surface area (Å²) in [4.78, 5) is 14.0. The number of rotatable bonds is 5. The molecular formula is C17H26N6O. The van der Waals surface area contributed by atoms with E-state index >= 15 is 0 Å². The molecule has 7 heteroatoms. The second-order valence-electron chi connectivity index (χ2n) is 6.59. The Morgan fingerprint density at radius 2 is 1.79 bits per heavy atom. The van der Waals surface area contributed by atoms with E-state index in [-0.39, 0.29) is 0 Å². The maximum Gasteiger partial charge on any atom is 0.230 e. The van der Waals surface area contributed by atoms with E-state index in [9.17, 15) is 0 Å². The number of piperazine rings is 1. The molecule has 0 atom stereocenters. The van der Waals surface area contributed by atoms with Gasteiger partial charge in [0.1, 0.15) is 11.6 Å². The topological polar surface area (TPSA) is 71.2 Å². The average molecular weight is 330 g/mol. The van der Waals surface area contributed by atoms with Gasteiger partial charge in [-0.3, -0.25) is 4.90 Å². The lowest BCUT2D eigenvalue weighted by atomic mass is 10.2. The minimum Gasteiger partial charge on any atom is -0.424 e. The molecule has 0 amide bonds. The molecule has 0 unspecified atom stereocenters. The van der Waals surface area contributed by atoms with Gasteiger partial charge in [0, 0.05) is 50.3 Å². The van der Waals surface area contributed by atoms with Crippen LogP contribution in [-0.2, 0) is 13.0 Å². The Bertz CT molecular complexity index is 675. The van der Waals surface area contributed by atoms with Gasteiger partial charge in [0.25, 0.3) is 0 Å². The molecule has 0 aliphatic carbocycles. The molecule has 3 rings (SSSR count). The van der Waals surface area contributed by atoms with Crippen LogP contribution in [0.4, 0.5) is 5.82 Å². The van der Waals surface area contributed by atoms with Gasteiger partial charge in [-0.2, -0.15) is 0 Å². The van der Waals surface area contributed by atoms with E-state index in [4.69, 9.17) is 9.40 Å². The number of aromatic nitrogens is 4. The molecule has 130 valence electrons. The second kappa shape index (κ2) is 7.25. The van der Waals surface area contributed by atoms with Crippen LogP contribution in [0.1, 0.15) is 50.0 Å². The molecular weight excluding hydrogens is 304 g/mol. The Balaban J connectivity index is 1.60. The predicted molar refractivity (Wildman–Crippen MR) is 92.0 cm³/mol. The number of aryl methyl sites for hydroxylation is 2. The molecule has 1 saturated heterocycles. The SMILES string of the molecule is CCc1nnc(CN2CCN(c3cc(C)nc(C(C)C)n3)CC2)o1. The quantitative estimate of drug-likeness (QED) is 0.832. The van der Waals surface area contributed by atoms with Gasteiger partial charge in [-0.15, -0.1) is 10.2 Å². The summed E-state index contributed by atoms with van der Waals surface area (Å²) in [5.74, 6) is 3.72. The summed E-state index contributed by atoms with van der Waals surface area (Å²) in [5, 5.41) is 8.14. The van der Waals surface area contributed by atoms with Gasteiger partial charge in [-0.25, -0.2) is 9.97 Å². The molecule has 24 heavy (non-hydrogen) atoms. The van der Waals surface area contributed by atoms with E-state index in [1.165, 1.54) is 0 Å². The highest BCUT2D eigenvalue weighted by Crippen LogP contribution is 2.19. The summed E-state index contributed by atoms with van der Waals surface area (Å²) in [6.07, 6.45) is 0.784. The number of anilines is 1. The Kier molecular flexibility index (Phi) is 5.08. The van der Waals surface area contributed by atoms with Crippen LogP contribution in [0.2, 0.25) is 0 Å². The summed E-state index contributed by atoms with van der Waals surface area (Å²) >= 11 is 0. The molecule has 1 aliphatic heterocycles. The van der Waals surface area contributed by atoms with E-state index in [2.05, 4.69) is 44.9 Å². The van der Waals surface area contributed by atoms with Gasteiger partial charge < -0.3 is 9.32 Å². The summed E-state index contributed by atoms with van der Waals surface area (Å²) < 4.78 is 5.61. The highest BCUT2D eigenvalue weighted by molar-refractivity contribution is 5.40. The Morgan fingerprint density at radius 1 is 1.08 bits per heavy atom. The molecule has 0 aromatic carbocycles. The first kappa shape index (κ1) is 16.8. The standard InChI is InChI=1S/C17H26N6O/c1-5-15-20-21-16(24-15)11-22-6-8-23(9-7-22)14-10-13(4)18-17(19-14)12(2)3/h10,12H,5-9,11H2,1-4H3. The molecule has 0 N–H and O–H groups in total.